The Hall–Kier alpha value is -1.32. The van der Waals surface area contributed by atoms with Crippen molar-refractivity contribution in [1.29, 1.82) is 0 Å². The highest BCUT2D eigenvalue weighted by Gasteiger charge is 2.14. The first kappa shape index (κ1) is 14.1. The Morgan fingerprint density at radius 2 is 1.95 bits per heavy atom. The van der Waals surface area contributed by atoms with Crippen molar-refractivity contribution in [2.75, 3.05) is 20.6 Å². The smallest absolute Gasteiger partial charge is 0.134 e. The molecule has 1 aromatic carbocycles. The number of fused-ring (bicyclic) bond motifs is 1. The highest BCUT2D eigenvalue weighted by atomic mass is 16.3. The fraction of sp³-hybridized carbons (Fsp3) is 0.500. The standard InChI is InChI=1S/C16H24N2O/c1-12(2)9-17-10-14-13-7-5-6-8-15(13)19-16(14)11-18(3)4/h5-8,12,17H,9-11H2,1-4H3. The van der Waals surface area contributed by atoms with E-state index in [2.05, 4.69) is 50.3 Å². The Labute approximate surface area is 115 Å². The van der Waals surface area contributed by atoms with Gasteiger partial charge in [-0.05, 0) is 32.6 Å². The van der Waals surface area contributed by atoms with Crippen molar-refractivity contribution in [1.82, 2.24) is 10.2 Å². The lowest BCUT2D eigenvalue weighted by atomic mass is 10.1. The summed E-state index contributed by atoms with van der Waals surface area (Å²) in [5.41, 5.74) is 2.28. The number of hydrogen-bond acceptors (Lipinski definition) is 3. The van der Waals surface area contributed by atoms with Gasteiger partial charge in [-0.2, -0.15) is 0 Å². The van der Waals surface area contributed by atoms with E-state index in [4.69, 9.17) is 4.42 Å². The lowest BCUT2D eigenvalue weighted by Gasteiger charge is -2.11. The summed E-state index contributed by atoms with van der Waals surface area (Å²) in [5.74, 6) is 1.73. The van der Waals surface area contributed by atoms with Gasteiger partial charge in [0.25, 0.3) is 0 Å². The van der Waals surface area contributed by atoms with Crippen molar-refractivity contribution in [2.24, 2.45) is 5.92 Å². The molecule has 0 fully saturated rings. The van der Waals surface area contributed by atoms with Gasteiger partial charge >= 0.3 is 0 Å². The second kappa shape index (κ2) is 6.22. The maximum atomic E-state index is 5.99. The molecule has 0 aliphatic heterocycles. The molecule has 0 spiro atoms. The minimum atomic E-state index is 0.662. The minimum absolute atomic E-state index is 0.662. The molecule has 0 atom stereocenters. The molecule has 0 aliphatic carbocycles. The van der Waals surface area contributed by atoms with Crippen LogP contribution >= 0.6 is 0 Å². The predicted octanol–water partition coefficient (Wildman–Crippen LogP) is 3.24. The largest absolute Gasteiger partial charge is 0.459 e. The van der Waals surface area contributed by atoms with E-state index in [9.17, 15) is 0 Å². The fourth-order valence-electron chi connectivity index (χ4n) is 2.24. The molecule has 0 bridgehead atoms. The quantitative estimate of drug-likeness (QED) is 0.864. The van der Waals surface area contributed by atoms with E-state index in [1.807, 2.05) is 12.1 Å². The maximum Gasteiger partial charge on any atom is 0.134 e. The van der Waals surface area contributed by atoms with Gasteiger partial charge in [0.2, 0.25) is 0 Å². The zero-order valence-electron chi connectivity index (χ0n) is 12.4. The third-order valence-corrected chi connectivity index (χ3v) is 3.10. The Bertz CT molecular complexity index is 529. The molecule has 0 saturated heterocycles. The lowest BCUT2D eigenvalue weighted by Crippen LogP contribution is -2.20. The van der Waals surface area contributed by atoms with Gasteiger partial charge in [0.1, 0.15) is 11.3 Å². The Morgan fingerprint density at radius 3 is 2.63 bits per heavy atom. The number of nitrogens with one attached hydrogen (secondary N) is 1. The first-order chi connectivity index (χ1) is 9.08. The molecule has 0 unspecified atom stereocenters. The minimum Gasteiger partial charge on any atom is -0.459 e. The summed E-state index contributed by atoms with van der Waals surface area (Å²) in [6.45, 7) is 7.19. The molecule has 0 amide bonds. The van der Waals surface area contributed by atoms with Gasteiger partial charge in [-0.3, -0.25) is 0 Å². The fourth-order valence-corrected chi connectivity index (χ4v) is 2.24. The van der Waals surface area contributed by atoms with Crippen LogP contribution in [0.25, 0.3) is 11.0 Å². The summed E-state index contributed by atoms with van der Waals surface area (Å²) in [6.07, 6.45) is 0. The summed E-state index contributed by atoms with van der Waals surface area (Å²) >= 11 is 0. The van der Waals surface area contributed by atoms with Crippen molar-refractivity contribution in [3.63, 3.8) is 0 Å². The second-order valence-corrected chi connectivity index (χ2v) is 5.76. The predicted molar refractivity (Wildman–Crippen MR) is 80.1 cm³/mol. The van der Waals surface area contributed by atoms with Crippen LogP contribution in [0.5, 0.6) is 0 Å². The van der Waals surface area contributed by atoms with Crippen LogP contribution in [-0.2, 0) is 13.1 Å². The third kappa shape index (κ3) is 3.58. The van der Waals surface area contributed by atoms with E-state index in [-0.39, 0.29) is 0 Å². The van der Waals surface area contributed by atoms with E-state index < -0.39 is 0 Å². The molecule has 1 heterocycles. The van der Waals surface area contributed by atoms with Gasteiger partial charge in [-0.25, -0.2) is 0 Å². The lowest BCUT2D eigenvalue weighted by molar-refractivity contribution is 0.354. The Balaban J connectivity index is 2.26. The first-order valence-corrected chi connectivity index (χ1v) is 6.92. The first-order valence-electron chi connectivity index (χ1n) is 6.92. The normalized spacial score (nSPS) is 11.9. The molecule has 0 radical (unpaired) electrons. The van der Waals surface area contributed by atoms with Crippen molar-refractivity contribution in [3.05, 3.63) is 35.6 Å². The van der Waals surface area contributed by atoms with Crippen molar-refractivity contribution < 1.29 is 4.42 Å². The van der Waals surface area contributed by atoms with Crippen molar-refractivity contribution >= 4 is 11.0 Å². The monoisotopic (exact) mass is 260 g/mol. The van der Waals surface area contributed by atoms with Crippen molar-refractivity contribution in [3.8, 4) is 0 Å². The topological polar surface area (TPSA) is 28.4 Å². The van der Waals surface area contributed by atoms with Crippen LogP contribution in [0, 0.1) is 5.92 Å². The van der Waals surface area contributed by atoms with E-state index >= 15 is 0 Å². The molecule has 3 heteroatoms. The zero-order chi connectivity index (χ0) is 13.8. The summed E-state index contributed by atoms with van der Waals surface area (Å²) in [5, 5.41) is 4.75. The molecule has 19 heavy (non-hydrogen) atoms. The average Bonchev–Trinajstić information content (AvgIpc) is 2.66. The van der Waals surface area contributed by atoms with Crippen LogP contribution in [0.15, 0.2) is 28.7 Å². The Kier molecular flexibility index (Phi) is 4.61. The molecule has 104 valence electrons. The van der Waals surface area contributed by atoms with E-state index in [0.29, 0.717) is 5.92 Å². The summed E-state index contributed by atoms with van der Waals surface area (Å²) in [7, 11) is 4.14. The van der Waals surface area contributed by atoms with Crippen molar-refractivity contribution in [2.45, 2.75) is 26.9 Å². The number of nitrogens with zero attached hydrogens (tertiary/aromatic N) is 1. The van der Waals surface area contributed by atoms with Gasteiger partial charge in [0.05, 0.1) is 6.54 Å². The second-order valence-electron chi connectivity index (χ2n) is 5.76. The van der Waals surface area contributed by atoms with Crippen LogP contribution in [-0.4, -0.2) is 25.5 Å². The van der Waals surface area contributed by atoms with Gasteiger partial charge in [-0.1, -0.05) is 32.0 Å². The highest BCUT2D eigenvalue weighted by molar-refractivity contribution is 5.82. The third-order valence-electron chi connectivity index (χ3n) is 3.10. The number of benzene rings is 1. The number of rotatable bonds is 6. The van der Waals surface area contributed by atoms with E-state index in [1.165, 1.54) is 10.9 Å². The maximum absolute atomic E-state index is 5.99. The molecule has 3 nitrogen and oxygen atoms in total. The zero-order valence-corrected chi connectivity index (χ0v) is 12.4. The Morgan fingerprint density at radius 1 is 1.21 bits per heavy atom. The van der Waals surface area contributed by atoms with Crippen LogP contribution in [0.4, 0.5) is 0 Å². The van der Waals surface area contributed by atoms with Gasteiger partial charge in [-0.15, -0.1) is 0 Å². The van der Waals surface area contributed by atoms with E-state index in [0.717, 1.165) is 31.0 Å². The van der Waals surface area contributed by atoms with Gasteiger partial charge < -0.3 is 14.6 Å². The van der Waals surface area contributed by atoms with Gasteiger partial charge in [0.15, 0.2) is 0 Å². The molecule has 1 aromatic heterocycles. The van der Waals surface area contributed by atoms with Crippen LogP contribution in [0.1, 0.15) is 25.2 Å². The summed E-state index contributed by atoms with van der Waals surface area (Å²) in [4.78, 5) is 2.14. The number of furan rings is 1. The summed E-state index contributed by atoms with van der Waals surface area (Å²) in [6, 6.07) is 8.28. The molecular formula is C16H24N2O. The summed E-state index contributed by atoms with van der Waals surface area (Å²) < 4.78 is 5.99. The van der Waals surface area contributed by atoms with Crippen LogP contribution < -0.4 is 5.32 Å². The van der Waals surface area contributed by atoms with Gasteiger partial charge in [0, 0.05) is 17.5 Å². The van der Waals surface area contributed by atoms with Crippen LogP contribution in [0.2, 0.25) is 0 Å². The molecule has 0 aliphatic rings. The van der Waals surface area contributed by atoms with E-state index in [1.54, 1.807) is 0 Å². The SMILES string of the molecule is CC(C)CNCc1c(CN(C)C)oc2ccccc12. The molecule has 1 N–H and O–H groups in total. The molecule has 0 saturated carbocycles. The number of para-hydroxylation sites is 1. The number of hydrogen-bond donors (Lipinski definition) is 1. The molecular weight excluding hydrogens is 236 g/mol. The average molecular weight is 260 g/mol. The van der Waals surface area contributed by atoms with Crippen LogP contribution in [0.3, 0.4) is 0 Å². The highest BCUT2D eigenvalue weighted by Crippen LogP contribution is 2.26. The molecule has 2 rings (SSSR count). The molecule has 2 aromatic rings.